The molecule has 1 aliphatic carbocycles. The average Bonchev–Trinajstić information content (AvgIpc) is 3.04. The molecular formula is C18H24N2O3. The van der Waals surface area contributed by atoms with Gasteiger partial charge in [-0.2, -0.15) is 0 Å². The molecule has 1 saturated carbocycles. The monoisotopic (exact) mass is 316 g/mol. The minimum absolute atomic E-state index is 0.0116. The van der Waals surface area contributed by atoms with Crippen molar-refractivity contribution in [2.24, 2.45) is 5.92 Å². The van der Waals surface area contributed by atoms with Crippen molar-refractivity contribution in [2.45, 2.75) is 44.1 Å². The van der Waals surface area contributed by atoms with Gasteiger partial charge in [-0.15, -0.1) is 0 Å². The molecule has 2 N–H and O–H groups in total. The number of hydrogen-bond acceptors (Lipinski definition) is 3. The molecule has 1 unspecified atom stereocenters. The summed E-state index contributed by atoms with van der Waals surface area (Å²) in [5, 5.41) is 6.06. The summed E-state index contributed by atoms with van der Waals surface area (Å²) in [4.78, 5) is 24.2. The van der Waals surface area contributed by atoms with Crippen molar-refractivity contribution in [1.82, 2.24) is 10.6 Å². The number of carbonyl (C=O) groups is 2. The fraction of sp³-hybridized carbons (Fsp3) is 0.556. The van der Waals surface area contributed by atoms with E-state index in [1.54, 1.807) is 7.11 Å². The summed E-state index contributed by atoms with van der Waals surface area (Å²) in [5.41, 5.74) is 0.835. The van der Waals surface area contributed by atoms with Gasteiger partial charge in [0.25, 0.3) is 0 Å². The summed E-state index contributed by atoms with van der Waals surface area (Å²) in [6, 6.07) is 7.96. The van der Waals surface area contributed by atoms with Crippen LogP contribution in [-0.2, 0) is 15.1 Å². The van der Waals surface area contributed by atoms with Gasteiger partial charge in [-0.05, 0) is 37.0 Å². The van der Waals surface area contributed by atoms with E-state index in [2.05, 4.69) is 10.6 Å². The second-order valence-electron chi connectivity index (χ2n) is 6.55. The van der Waals surface area contributed by atoms with E-state index in [1.165, 1.54) is 0 Å². The molecular weight excluding hydrogens is 292 g/mol. The summed E-state index contributed by atoms with van der Waals surface area (Å²) in [6.07, 6.45) is 5.13. The number of hydrogen-bond donors (Lipinski definition) is 2. The van der Waals surface area contributed by atoms with Crippen LogP contribution < -0.4 is 15.4 Å². The van der Waals surface area contributed by atoms with Crippen LogP contribution in [0.5, 0.6) is 5.75 Å². The Morgan fingerprint density at radius 2 is 1.96 bits per heavy atom. The van der Waals surface area contributed by atoms with Crippen molar-refractivity contribution >= 4 is 11.8 Å². The molecule has 1 saturated heterocycles. The Hall–Kier alpha value is -2.04. The molecule has 5 nitrogen and oxygen atoms in total. The third-order valence-corrected chi connectivity index (χ3v) is 5.08. The summed E-state index contributed by atoms with van der Waals surface area (Å²) in [6.45, 7) is 0.590. The van der Waals surface area contributed by atoms with Crippen LogP contribution in [0.25, 0.3) is 0 Å². The fourth-order valence-corrected chi connectivity index (χ4v) is 3.72. The molecule has 5 heteroatoms. The third-order valence-electron chi connectivity index (χ3n) is 5.08. The van der Waals surface area contributed by atoms with Gasteiger partial charge in [0.05, 0.1) is 12.6 Å². The van der Waals surface area contributed by atoms with E-state index < -0.39 is 0 Å². The van der Waals surface area contributed by atoms with E-state index >= 15 is 0 Å². The van der Waals surface area contributed by atoms with E-state index in [1.807, 2.05) is 24.3 Å². The zero-order valence-corrected chi connectivity index (χ0v) is 13.6. The number of amides is 2. The average molecular weight is 316 g/mol. The largest absolute Gasteiger partial charge is 0.497 e. The molecule has 2 aliphatic rings. The van der Waals surface area contributed by atoms with Crippen molar-refractivity contribution in [2.75, 3.05) is 13.7 Å². The third kappa shape index (κ3) is 3.33. The SMILES string of the molecule is COc1ccc(C2(NC(=O)C3CCNC(=O)C3)CCCC2)cc1. The molecule has 3 rings (SSSR count). The highest BCUT2D eigenvalue weighted by atomic mass is 16.5. The topological polar surface area (TPSA) is 67.4 Å². The zero-order valence-electron chi connectivity index (χ0n) is 13.6. The number of ether oxygens (including phenoxy) is 1. The Bertz CT molecular complexity index is 576. The van der Waals surface area contributed by atoms with Gasteiger partial charge in [0.2, 0.25) is 11.8 Å². The first-order valence-corrected chi connectivity index (χ1v) is 8.36. The number of benzene rings is 1. The van der Waals surface area contributed by atoms with Crippen LogP contribution in [0.15, 0.2) is 24.3 Å². The summed E-state index contributed by atoms with van der Waals surface area (Å²) < 4.78 is 5.22. The summed E-state index contributed by atoms with van der Waals surface area (Å²) in [7, 11) is 1.65. The van der Waals surface area contributed by atoms with Crippen LogP contribution in [0, 0.1) is 5.92 Å². The Labute approximate surface area is 136 Å². The van der Waals surface area contributed by atoms with E-state index in [0.717, 1.165) is 43.4 Å². The lowest BCUT2D eigenvalue weighted by Gasteiger charge is -2.33. The molecule has 1 aliphatic heterocycles. The highest BCUT2D eigenvalue weighted by molar-refractivity contribution is 5.87. The van der Waals surface area contributed by atoms with Crippen molar-refractivity contribution in [3.05, 3.63) is 29.8 Å². The minimum Gasteiger partial charge on any atom is -0.497 e. The van der Waals surface area contributed by atoms with Crippen LogP contribution in [0.3, 0.4) is 0 Å². The van der Waals surface area contributed by atoms with Crippen LogP contribution in [-0.4, -0.2) is 25.5 Å². The van der Waals surface area contributed by atoms with Crippen LogP contribution in [0.2, 0.25) is 0 Å². The molecule has 1 aromatic carbocycles. The summed E-state index contributed by atoms with van der Waals surface area (Å²) in [5.74, 6) is 0.593. The first kappa shape index (κ1) is 15.8. The molecule has 0 bridgehead atoms. The predicted octanol–water partition coefficient (Wildman–Crippen LogP) is 2.11. The molecule has 0 spiro atoms. The Morgan fingerprint density at radius 3 is 2.57 bits per heavy atom. The van der Waals surface area contributed by atoms with E-state index in [4.69, 9.17) is 4.74 Å². The molecule has 1 aromatic rings. The van der Waals surface area contributed by atoms with Gasteiger partial charge in [-0.25, -0.2) is 0 Å². The molecule has 124 valence electrons. The number of carbonyl (C=O) groups excluding carboxylic acids is 2. The van der Waals surface area contributed by atoms with Gasteiger partial charge >= 0.3 is 0 Å². The molecule has 2 fully saturated rings. The molecule has 2 amide bonds. The second kappa shape index (κ2) is 6.60. The maximum Gasteiger partial charge on any atom is 0.224 e. The van der Waals surface area contributed by atoms with Crippen molar-refractivity contribution in [1.29, 1.82) is 0 Å². The van der Waals surface area contributed by atoms with Crippen molar-refractivity contribution in [3.8, 4) is 5.75 Å². The lowest BCUT2D eigenvalue weighted by Crippen LogP contribution is -2.49. The van der Waals surface area contributed by atoms with Crippen molar-refractivity contribution < 1.29 is 14.3 Å². The highest BCUT2D eigenvalue weighted by Gasteiger charge is 2.39. The van der Waals surface area contributed by atoms with E-state index in [-0.39, 0.29) is 23.3 Å². The van der Waals surface area contributed by atoms with Gasteiger partial charge in [-0.1, -0.05) is 25.0 Å². The van der Waals surface area contributed by atoms with Crippen LogP contribution in [0.4, 0.5) is 0 Å². The van der Waals surface area contributed by atoms with Crippen molar-refractivity contribution in [3.63, 3.8) is 0 Å². The lowest BCUT2D eigenvalue weighted by molar-refractivity contribution is -0.133. The number of piperidine rings is 1. The second-order valence-corrected chi connectivity index (χ2v) is 6.55. The summed E-state index contributed by atoms with van der Waals surface area (Å²) >= 11 is 0. The zero-order chi connectivity index (χ0) is 16.3. The maximum atomic E-state index is 12.7. The number of methoxy groups -OCH3 is 1. The molecule has 0 aromatic heterocycles. The van der Waals surface area contributed by atoms with E-state index in [9.17, 15) is 9.59 Å². The quantitative estimate of drug-likeness (QED) is 0.894. The normalized spacial score (nSPS) is 23.2. The first-order valence-electron chi connectivity index (χ1n) is 8.36. The fourth-order valence-electron chi connectivity index (χ4n) is 3.72. The van der Waals surface area contributed by atoms with Gasteiger partial charge < -0.3 is 15.4 Å². The minimum atomic E-state index is -0.294. The molecule has 1 heterocycles. The maximum absolute atomic E-state index is 12.7. The van der Waals surface area contributed by atoms with E-state index in [0.29, 0.717) is 13.0 Å². The number of rotatable bonds is 4. The Balaban J connectivity index is 1.77. The van der Waals surface area contributed by atoms with Gasteiger partial charge in [0, 0.05) is 18.9 Å². The van der Waals surface area contributed by atoms with Gasteiger partial charge in [-0.3, -0.25) is 9.59 Å². The molecule has 23 heavy (non-hydrogen) atoms. The van der Waals surface area contributed by atoms with Crippen LogP contribution >= 0.6 is 0 Å². The lowest BCUT2D eigenvalue weighted by atomic mass is 9.86. The Kier molecular flexibility index (Phi) is 4.55. The standard InChI is InChI=1S/C18H24N2O3/c1-23-15-6-4-14(5-7-15)18(9-2-3-10-18)20-17(22)13-8-11-19-16(21)12-13/h4-7,13H,2-3,8-12H2,1H3,(H,19,21)(H,20,22). The number of nitrogens with one attached hydrogen (secondary N) is 2. The molecule has 0 radical (unpaired) electrons. The van der Waals surface area contributed by atoms with Gasteiger partial charge in [0.1, 0.15) is 5.75 Å². The van der Waals surface area contributed by atoms with Crippen LogP contribution in [0.1, 0.15) is 44.1 Å². The highest BCUT2D eigenvalue weighted by Crippen LogP contribution is 2.39. The Morgan fingerprint density at radius 1 is 1.26 bits per heavy atom. The predicted molar refractivity (Wildman–Crippen MR) is 87.0 cm³/mol. The van der Waals surface area contributed by atoms with Gasteiger partial charge in [0.15, 0.2) is 0 Å². The first-order chi connectivity index (χ1) is 11.1. The smallest absolute Gasteiger partial charge is 0.224 e. The molecule has 1 atom stereocenters.